The first-order chi connectivity index (χ1) is 8.70. The van der Waals surface area contributed by atoms with Gasteiger partial charge >= 0.3 is 5.97 Å². The third-order valence-corrected chi connectivity index (χ3v) is 3.11. The van der Waals surface area contributed by atoms with Crippen molar-refractivity contribution in [1.82, 2.24) is 10.3 Å². The largest absolute Gasteiger partial charge is 0.465 e. The molecule has 2 rings (SSSR count). The number of pyridine rings is 1. The number of esters is 1. The average Bonchev–Trinajstić information content (AvgIpc) is 2.91. The minimum absolute atomic E-state index is 0.182. The number of nitrogens with zero attached hydrogens (tertiary/aromatic N) is 1. The maximum Gasteiger partial charge on any atom is 0.339 e. The summed E-state index contributed by atoms with van der Waals surface area (Å²) in [5, 5.41) is 2.94. The molecule has 1 saturated carbocycles. The van der Waals surface area contributed by atoms with E-state index in [1.807, 2.05) is 0 Å². The van der Waals surface area contributed by atoms with Crippen molar-refractivity contribution in [3.05, 3.63) is 29.6 Å². The molecule has 96 valence electrons. The Morgan fingerprint density at radius 2 is 2.06 bits per heavy atom. The molecular formula is C13H16N2O3. The summed E-state index contributed by atoms with van der Waals surface area (Å²) in [6, 6.07) is 3.35. The normalized spacial score (nSPS) is 15.4. The van der Waals surface area contributed by atoms with Gasteiger partial charge in [0.2, 0.25) is 0 Å². The second-order valence-corrected chi connectivity index (χ2v) is 4.38. The maximum absolute atomic E-state index is 11.9. The summed E-state index contributed by atoms with van der Waals surface area (Å²) in [7, 11) is 1.31. The number of aromatic nitrogens is 1. The number of hydrogen-bond acceptors (Lipinski definition) is 4. The summed E-state index contributed by atoms with van der Waals surface area (Å²) in [5.74, 6) is -0.636. The smallest absolute Gasteiger partial charge is 0.339 e. The summed E-state index contributed by atoms with van der Waals surface area (Å²) < 4.78 is 4.56. The monoisotopic (exact) mass is 248 g/mol. The second-order valence-electron chi connectivity index (χ2n) is 4.38. The fourth-order valence-electron chi connectivity index (χ4n) is 2.10. The lowest BCUT2D eigenvalue weighted by atomic mass is 10.2. The number of hydrogen-bond donors (Lipinski definition) is 1. The molecule has 1 aromatic heterocycles. The van der Waals surface area contributed by atoms with E-state index in [2.05, 4.69) is 15.0 Å². The Hall–Kier alpha value is -1.91. The van der Waals surface area contributed by atoms with Crippen LogP contribution < -0.4 is 5.32 Å². The molecule has 1 aliphatic carbocycles. The molecule has 5 nitrogen and oxygen atoms in total. The van der Waals surface area contributed by atoms with Crippen molar-refractivity contribution in [2.24, 2.45) is 0 Å². The molecule has 0 radical (unpaired) electrons. The Morgan fingerprint density at radius 3 is 2.61 bits per heavy atom. The highest BCUT2D eigenvalue weighted by Crippen LogP contribution is 2.17. The lowest BCUT2D eigenvalue weighted by molar-refractivity contribution is 0.0599. The van der Waals surface area contributed by atoms with Gasteiger partial charge in [0.1, 0.15) is 5.69 Å². The molecule has 1 fully saturated rings. The van der Waals surface area contributed by atoms with Crippen molar-refractivity contribution in [1.29, 1.82) is 0 Å². The number of ether oxygens (including phenoxy) is 1. The first-order valence-corrected chi connectivity index (χ1v) is 6.06. The van der Waals surface area contributed by atoms with Crippen LogP contribution in [0.3, 0.4) is 0 Å². The minimum atomic E-state index is -0.453. The van der Waals surface area contributed by atoms with E-state index in [-0.39, 0.29) is 11.9 Å². The molecule has 0 aliphatic heterocycles. The van der Waals surface area contributed by atoms with Gasteiger partial charge in [-0.3, -0.25) is 9.78 Å². The third kappa shape index (κ3) is 2.85. The number of nitrogens with one attached hydrogen (secondary N) is 1. The number of carbonyl (C=O) groups excluding carboxylic acids is 2. The summed E-state index contributed by atoms with van der Waals surface area (Å²) in [5.41, 5.74) is 0.671. The Kier molecular flexibility index (Phi) is 3.92. The van der Waals surface area contributed by atoms with Crippen molar-refractivity contribution in [2.45, 2.75) is 31.7 Å². The van der Waals surface area contributed by atoms with E-state index in [1.165, 1.54) is 32.2 Å². The fraction of sp³-hybridized carbons (Fsp3) is 0.462. The van der Waals surface area contributed by atoms with E-state index in [0.29, 0.717) is 11.3 Å². The van der Waals surface area contributed by atoms with E-state index in [0.717, 1.165) is 12.8 Å². The lowest BCUT2D eigenvalue weighted by Crippen LogP contribution is -2.33. The molecule has 0 saturated heterocycles. The summed E-state index contributed by atoms with van der Waals surface area (Å²) >= 11 is 0. The predicted octanol–water partition coefficient (Wildman–Crippen LogP) is 1.54. The van der Waals surface area contributed by atoms with Gasteiger partial charge < -0.3 is 10.1 Å². The van der Waals surface area contributed by atoms with Crippen LogP contribution in [0.1, 0.15) is 46.5 Å². The van der Waals surface area contributed by atoms with E-state index in [9.17, 15) is 9.59 Å². The van der Waals surface area contributed by atoms with Crippen LogP contribution in [0.15, 0.2) is 18.3 Å². The van der Waals surface area contributed by atoms with Crippen molar-refractivity contribution < 1.29 is 14.3 Å². The average molecular weight is 248 g/mol. The van der Waals surface area contributed by atoms with Crippen LogP contribution in [0.5, 0.6) is 0 Å². The molecule has 0 bridgehead atoms. The third-order valence-electron chi connectivity index (χ3n) is 3.11. The van der Waals surface area contributed by atoms with Gasteiger partial charge in [0.05, 0.1) is 12.7 Å². The molecule has 5 heteroatoms. The van der Waals surface area contributed by atoms with Crippen LogP contribution in [-0.4, -0.2) is 30.0 Å². The van der Waals surface area contributed by atoms with E-state index >= 15 is 0 Å². The van der Waals surface area contributed by atoms with Gasteiger partial charge in [-0.2, -0.15) is 0 Å². The summed E-state index contributed by atoms with van der Waals surface area (Å²) in [6.07, 6.45) is 5.76. The Bertz CT molecular complexity index is 436. The molecule has 18 heavy (non-hydrogen) atoms. The molecule has 1 aliphatic rings. The van der Waals surface area contributed by atoms with Crippen molar-refractivity contribution in [3.8, 4) is 0 Å². The highest BCUT2D eigenvalue weighted by Gasteiger charge is 2.18. The van der Waals surface area contributed by atoms with Crippen LogP contribution in [0, 0.1) is 0 Å². The molecule has 0 spiro atoms. The van der Waals surface area contributed by atoms with Crippen LogP contribution in [-0.2, 0) is 4.74 Å². The van der Waals surface area contributed by atoms with Crippen molar-refractivity contribution in [2.75, 3.05) is 7.11 Å². The van der Waals surface area contributed by atoms with Crippen LogP contribution >= 0.6 is 0 Å². The second kappa shape index (κ2) is 5.62. The van der Waals surface area contributed by atoms with Gasteiger partial charge in [-0.05, 0) is 25.0 Å². The Morgan fingerprint density at radius 1 is 1.33 bits per heavy atom. The quantitative estimate of drug-likeness (QED) is 0.824. The molecule has 0 unspecified atom stereocenters. The predicted molar refractivity (Wildman–Crippen MR) is 65.3 cm³/mol. The first kappa shape index (κ1) is 12.5. The topological polar surface area (TPSA) is 68.3 Å². The molecule has 0 aromatic carbocycles. The van der Waals surface area contributed by atoms with Gasteiger partial charge in [-0.15, -0.1) is 0 Å². The molecule has 1 aromatic rings. The molecule has 1 heterocycles. The molecule has 1 amide bonds. The molecule has 0 atom stereocenters. The zero-order valence-corrected chi connectivity index (χ0v) is 10.3. The highest BCUT2D eigenvalue weighted by atomic mass is 16.5. The first-order valence-electron chi connectivity index (χ1n) is 6.06. The number of methoxy groups -OCH3 is 1. The van der Waals surface area contributed by atoms with Gasteiger partial charge in [0.15, 0.2) is 0 Å². The number of rotatable bonds is 3. The van der Waals surface area contributed by atoms with Gasteiger partial charge in [0.25, 0.3) is 5.91 Å². The zero-order chi connectivity index (χ0) is 13.0. The number of carbonyl (C=O) groups is 2. The van der Waals surface area contributed by atoms with Crippen molar-refractivity contribution >= 4 is 11.9 Å². The van der Waals surface area contributed by atoms with Crippen LogP contribution in [0.2, 0.25) is 0 Å². The van der Waals surface area contributed by atoms with E-state index in [4.69, 9.17) is 0 Å². The fourth-order valence-corrected chi connectivity index (χ4v) is 2.10. The zero-order valence-electron chi connectivity index (χ0n) is 10.3. The SMILES string of the molecule is COC(=O)c1ccc(C(=O)NC2CCCC2)nc1. The number of amides is 1. The Labute approximate surface area is 106 Å². The van der Waals surface area contributed by atoms with Gasteiger partial charge in [0, 0.05) is 12.2 Å². The van der Waals surface area contributed by atoms with Crippen LogP contribution in [0.4, 0.5) is 0 Å². The Balaban J connectivity index is 2.00. The van der Waals surface area contributed by atoms with Crippen molar-refractivity contribution in [3.63, 3.8) is 0 Å². The lowest BCUT2D eigenvalue weighted by Gasteiger charge is -2.11. The maximum atomic E-state index is 11.9. The van der Waals surface area contributed by atoms with Gasteiger partial charge in [-0.1, -0.05) is 12.8 Å². The van der Waals surface area contributed by atoms with Crippen LogP contribution in [0.25, 0.3) is 0 Å². The summed E-state index contributed by atoms with van der Waals surface area (Å²) in [4.78, 5) is 27.0. The highest BCUT2D eigenvalue weighted by molar-refractivity contribution is 5.94. The standard InChI is InChI=1S/C13H16N2O3/c1-18-13(17)9-6-7-11(14-8-9)12(16)15-10-4-2-3-5-10/h6-8,10H,2-5H2,1H3,(H,15,16). The molecule has 1 N–H and O–H groups in total. The minimum Gasteiger partial charge on any atom is -0.465 e. The summed E-state index contributed by atoms with van der Waals surface area (Å²) in [6.45, 7) is 0. The van der Waals surface area contributed by atoms with Gasteiger partial charge in [-0.25, -0.2) is 4.79 Å². The van der Waals surface area contributed by atoms with E-state index < -0.39 is 5.97 Å². The van der Waals surface area contributed by atoms with E-state index in [1.54, 1.807) is 6.07 Å². The molecular weight excluding hydrogens is 232 g/mol.